The van der Waals surface area contributed by atoms with E-state index in [0.717, 1.165) is 36.5 Å². The van der Waals surface area contributed by atoms with Crippen molar-refractivity contribution in [2.45, 2.75) is 16.7 Å². The Labute approximate surface area is 131 Å². The quantitative estimate of drug-likeness (QED) is 0.798. The molecule has 0 aliphatic carbocycles. The van der Waals surface area contributed by atoms with E-state index in [9.17, 15) is 8.42 Å². The van der Waals surface area contributed by atoms with Gasteiger partial charge in [0.25, 0.3) is 10.0 Å². The van der Waals surface area contributed by atoms with Crippen molar-refractivity contribution in [3.63, 3.8) is 0 Å². The third-order valence-corrected chi connectivity index (χ3v) is 7.79. The molecular weight excluding hydrogens is 364 g/mol. The van der Waals surface area contributed by atoms with Crippen LogP contribution in [0.3, 0.4) is 0 Å². The summed E-state index contributed by atoms with van der Waals surface area (Å²) in [6, 6.07) is 3.79. The Hall–Kier alpha value is 0.01000. The van der Waals surface area contributed by atoms with Crippen LogP contribution in [-0.4, -0.2) is 63.1 Å². The van der Waals surface area contributed by atoms with Crippen molar-refractivity contribution < 1.29 is 13.2 Å². The van der Waals surface area contributed by atoms with Crippen molar-refractivity contribution in [1.29, 1.82) is 0 Å². The second kappa shape index (κ2) is 6.02. The van der Waals surface area contributed by atoms with Crippen LogP contribution in [0.5, 0.6) is 0 Å². The molecule has 2 saturated heterocycles. The molecule has 1 aromatic rings. The summed E-state index contributed by atoms with van der Waals surface area (Å²) in [7, 11) is -3.33. The fraction of sp³-hybridized carbons (Fsp3) is 0.667. The Morgan fingerprint density at radius 3 is 2.65 bits per heavy atom. The summed E-state index contributed by atoms with van der Waals surface area (Å²) in [5, 5.41) is 0. The van der Waals surface area contributed by atoms with E-state index in [4.69, 9.17) is 4.74 Å². The summed E-state index contributed by atoms with van der Waals surface area (Å²) in [6.45, 7) is 4.52. The van der Waals surface area contributed by atoms with Crippen LogP contribution in [0.25, 0.3) is 0 Å². The van der Waals surface area contributed by atoms with E-state index >= 15 is 0 Å². The third kappa shape index (κ3) is 2.95. The van der Waals surface area contributed by atoms with E-state index in [1.54, 1.807) is 16.4 Å². The number of nitrogens with zero attached hydrogens (tertiary/aromatic N) is 2. The number of thiophene rings is 1. The maximum atomic E-state index is 12.5. The first-order chi connectivity index (χ1) is 9.57. The Kier molecular flexibility index (Phi) is 4.49. The highest BCUT2D eigenvalue weighted by Gasteiger charge is 2.36. The van der Waals surface area contributed by atoms with Crippen molar-refractivity contribution in [2.24, 2.45) is 0 Å². The fourth-order valence-electron chi connectivity index (χ4n) is 2.73. The monoisotopic (exact) mass is 380 g/mol. The minimum Gasteiger partial charge on any atom is -0.379 e. The number of halogens is 1. The number of rotatable bonds is 3. The van der Waals surface area contributed by atoms with Crippen molar-refractivity contribution in [3.05, 3.63) is 15.9 Å². The first-order valence-corrected chi connectivity index (χ1v) is 9.69. The van der Waals surface area contributed by atoms with Crippen LogP contribution < -0.4 is 0 Å². The van der Waals surface area contributed by atoms with Gasteiger partial charge in [-0.25, -0.2) is 8.42 Å². The molecule has 3 rings (SSSR count). The van der Waals surface area contributed by atoms with E-state index in [0.29, 0.717) is 23.3 Å². The summed E-state index contributed by atoms with van der Waals surface area (Å²) in [4.78, 5) is 2.35. The molecule has 112 valence electrons. The molecule has 0 bridgehead atoms. The van der Waals surface area contributed by atoms with Gasteiger partial charge in [0.2, 0.25) is 0 Å². The number of hydrogen-bond acceptors (Lipinski definition) is 5. The summed E-state index contributed by atoms with van der Waals surface area (Å²) in [5.74, 6) is 0. The zero-order valence-corrected chi connectivity index (χ0v) is 14.2. The van der Waals surface area contributed by atoms with Crippen LogP contribution >= 0.6 is 27.3 Å². The highest BCUT2D eigenvalue weighted by Crippen LogP contribution is 2.31. The van der Waals surface area contributed by atoms with Gasteiger partial charge in [0.1, 0.15) is 4.21 Å². The van der Waals surface area contributed by atoms with Gasteiger partial charge in [-0.05, 0) is 34.5 Å². The Morgan fingerprint density at radius 2 is 2.00 bits per heavy atom. The zero-order chi connectivity index (χ0) is 14.2. The molecule has 2 fully saturated rings. The van der Waals surface area contributed by atoms with E-state index in [-0.39, 0.29) is 0 Å². The number of morpholine rings is 1. The molecule has 0 spiro atoms. The molecule has 2 aliphatic heterocycles. The lowest BCUT2D eigenvalue weighted by atomic mass is 10.2. The van der Waals surface area contributed by atoms with Crippen molar-refractivity contribution in [3.8, 4) is 0 Å². The van der Waals surface area contributed by atoms with E-state index in [1.807, 2.05) is 0 Å². The van der Waals surface area contributed by atoms with E-state index < -0.39 is 10.0 Å². The van der Waals surface area contributed by atoms with Crippen LogP contribution in [0.2, 0.25) is 0 Å². The standard InChI is InChI=1S/C12H17BrN2O3S2/c13-11-1-2-12(19-11)20(16,17)15-4-3-10(9-15)14-5-7-18-8-6-14/h1-2,10H,3-9H2. The van der Waals surface area contributed by atoms with Crippen LogP contribution in [0.4, 0.5) is 0 Å². The van der Waals surface area contributed by atoms with Crippen molar-refractivity contribution in [1.82, 2.24) is 9.21 Å². The second-order valence-electron chi connectivity index (χ2n) is 5.01. The van der Waals surface area contributed by atoms with Crippen LogP contribution in [0, 0.1) is 0 Å². The maximum absolute atomic E-state index is 12.5. The lowest BCUT2D eigenvalue weighted by molar-refractivity contribution is 0.0197. The SMILES string of the molecule is O=S(=O)(c1ccc(Br)s1)N1CCC(N2CCOCC2)C1. The van der Waals surface area contributed by atoms with Crippen molar-refractivity contribution >= 4 is 37.3 Å². The Balaban J connectivity index is 1.70. The van der Waals surface area contributed by atoms with Gasteiger partial charge in [0, 0.05) is 32.2 Å². The van der Waals surface area contributed by atoms with Crippen LogP contribution in [0.1, 0.15) is 6.42 Å². The van der Waals surface area contributed by atoms with Gasteiger partial charge < -0.3 is 4.74 Å². The van der Waals surface area contributed by atoms with Crippen molar-refractivity contribution in [2.75, 3.05) is 39.4 Å². The van der Waals surface area contributed by atoms with Gasteiger partial charge >= 0.3 is 0 Å². The van der Waals surface area contributed by atoms with Gasteiger partial charge in [0.15, 0.2) is 0 Å². The molecule has 8 heteroatoms. The van der Waals surface area contributed by atoms with Crippen LogP contribution in [-0.2, 0) is 14.8 Å². The molecule has 20 heavy (non-hydrogen) atoms. The van der Waals surface area contributed by atoms with Gasteiger partial charge in [-0.1, -0.05) is 0 Å². The average Bonchev–Trinajstić information content (AvgIpc) is 3.09. The fourth-order valence-corrected chi connectivity index (χ4v) is 6.39. The number of sulfonamides is 1. The number of ether oxygens (including phenoxy) is 1. The predicted octanol–water partition coefficient (Wildman–Crippen LogP) is 1.61. The molecule has 5 nitrogen and oxygen atoms in total. The molecule has 1 unspecified atom stereocenters. The molecule has 0 aromatic carbocycles. The van der Waals surface area contributed by atoms with Crippen LogP contribution in [0.15, 0.2) is 20.1 Å². The second-order valence-corrected chi connectivity index (χ2v) is 9.64. The predicted molar refractivity (Wildman–Crippen MR) is 81.6 cm³/mol. The first-order valence-electron chi connectivity index (χ1n) is 6.64. The highest BCUT2D eigenvalue weighted by molar-refractivity contribution is 9.11. The minimum atomic E-state index is -3.33. The molecule has 0 saturated carbocycles. The normalized spacial score (nSPS) is 26.1. The van der Waals surface area contributed by atoms with Gasteiger partial charge in [-0.2, -0.15) is 4.31 Å². The van der Waals surface area contributed by atoms with Gasteiger partial charge in [-0.3, -0.25) is 4.90 Å². The lowest BCUT2D eigenvalue weighted by Gasteiger charge is -2.31. The highest BCUT2D eigenvalue weighted by atomic mass is 79.9. The Bertz CT molecular complexity index is 569. The molecule has 0 amide bonds. The van der Waals surface area contributed by atoms with Gasteiger partial charge in [0.05, 0.1) is 17.0 Å². The van der Waals surface area contributed by atoms with E-state index in [2.05, 4.69) is 20.8 Å². The molecule has 1 atom stereocenters. The molecular formula is C12H17BrN2O3S2. The third-order valence-electron chi connectivity index (χ3n) is 3.83. The molecule has 1 aromatic heterocycles. The minimum absolute atomic E-state index is 0.331. The number of hydrogen-bond donors (Lipinski definition) is 0. The lowest BCUT2D eigenvalue weighted by Crippen LogP contribution is -2.45. The van der Waals surface area contributed by atoms with Gasteiger partial charge in [-0.15, -0.1) is 11.3 Å². The summed E-state index contributed by atoms with van der Waals surface area (Å²) in [6.07, 6.45) is 0.909. The molecule has 2 aliphatic rings. The topological polar surface area (TPSA) is 49.9 Å². The molecule has 0 radical (unpaired) electrons. The zero-order valence-electron chi connectivity index (χ0n) is 11.0. The molecule has 3 heterocycles. The summed E-state index contributed by atoms with van der Waals surface area (Å²) in [5.41, 5.74) is 0. The first kappa shape index (κ1) is 14.9. The van der Waals surface area contributed by atoms with E-state index in [1.165, 1.54) is 11.3 Å². The molecule has 0 N–H and O–H groups in total. The summed E-state index contributed by atoms with van der Waals surface area (Å²) >= 11 is 4.59. The Morgan fingerprint density at radius 1 is 1.25 bits per heavy atom. The largest absolute Gasteiger partial charge is 0.379 e. The maximum Gasteiger partial charge on any atom is 0.252 e. The smallest absolute Gasteiger partial charge is 0.252 e. The average molecular weight is 381 g/mol. The summed E-state index contributed by atoms with van der Waals surface area (Å²) < 4.78 is 33.3.